The first-order valence-electron chi connectivity index (χ1n) is 13.0. The average Bonchev–Trinajstić information content (AvgIpc) is 3.31. The topological polar surface area (TPSA) is 142 Å². The third-order valence-electron chi connectivity index (χ3n) is 8.93. The summed E-state index contributed by atoms with van der Waals surface area (Å²) in [7, 11) is 1.36. The number of hydrogen-bond donors (Lipinski definition) is 2. The molecule has 4 aliphatic rings. The van der Waals surface area contributed by atoms with Gasteiger partial charge in [-0.1, -0.05) is 45.8 Å². The number of carbonyl (C=O) groups excluding carboxylic acids is 4. The van der Waals surface area contributed by atoms with Crippen LogP contribution in [0.4, 0.5) is 5.69 Å². The van der Waals surface area contributed by atoms with E-state index in [2.05, 4.69) is 15.9 Å². The van der Waals surface area contributed by atoms with E-state index < -0.39 is 63.0 Å². The van der Waals surface area contributed by atoms with Crippen molar-refractivity contribution < 1.29 is 38.9 Å². The number of methoxy groups -OCH3 is 1. The van der Waals surface area contributed by atoms with Gasteiger partial charge in [-0.2, -0.15) is 0 Å². The van der Waals surface area contributed by atoms with Crippen molar-refractivity contribution in [1.82, 2.24) is 4.90 Å². The Bertz CT molecular complexity index is 1630. The first kappa shape index (κ1) is 28.7. The lowest BCUT2D eigenvalue weighted by Gasteiger charge is -2.50. The molecule has 2 aliphatic heterocycles. The number of carboxylic acid groups (broad SMARTS) is 1. The number of halogens is 3. The number of hydrogen-bond acceptors (Lipinski definition) is 7. The maximum absolute atomic E-state index is 14.1. The van der Waals surface area contributed by atoms with Gasteiger partial charge in [0.15, 0.2) is 21.2 Å². The van der Waals surface area contributed by atoms with Crippen LogP contribution in [-0.4, -0.2) is 67.0 Å². The predicted octanol–water partition coefficient (Wildman–Crippen LogP) is 4.01. The van der Waals surface area contributed by atoms with E-state index in [1.54, 1.807) is 18.2 Å². The zero-order valence-corrected chi connectivity index (χ0v) is 25.0. The molecule has 0 spiro atoms. The highest BCUT2D eigenvalue weighted by Gasteiger charge is 2.76. The summed E-state index contributed by atoms with van der Waals surface area (Å²) in [6.07, 6.45) is 1.64. The monoisotopic (exact) mass is 676 g/mol. The van der Waals surface area contributed by atoms with Crippen molar-refractivity contribution in [2.75, 3.05) is 17.5 Å². The number of aromatic carboxylic acids is 1. The van der Waals surface area contributed by atoms with Crippen molar-refractivity contribution in [2.24, 2.45) is 17.8 Å². The van der Waals surface area contributed by atoms with Gasteiger partial charge in [0.05, 0.1) is 35.7 Å². The van der Waals surface area contributed by atoms with Crippen LogP contribution in [0, 0.1) is 17.8 Å². The fourth-order valence-corrected chi connectivity index (χ4v) is 8.49. The number of para-hydroxylation sites is 1. The van der Waals surface area contributed by atoms with E-state index >= 15 is 0 Å². The Kier molecular flexibility index (Phi) is 6.71. The van der Waals surface area contributed by atoms with Crippen molar-refractivity contribution in [3.63, 3.8) is 0 Å². The average molecular weight is 678 g/mol. The number of rotatable bonds is 5. The largest absolute Gasteiger partial charge is 0.504 e. The first-order chi connectivity index (χ1) is 19.9. The molecular weight excluding hydrogens is 655 g/mol. The number of phenolic OH excluding ortho intramolecular Hbond substituents is 1. The smallest absolute Gasteiger partial charge is 0.335 e. The summed E-state index contributed by atoms with van der Waals surface area (Å²) in [6, 6.07) is 10.2. The number of likely N-dealkylation sites (tertiary alicyclic amines) is 1. The summed E-state index contributed by atoms with van der Waals surface area (Å²) >= 11 is 17.5. The molecule has 2 aromatic carbocycles. The van der Waals surface area contributed by atoms with E-state index in [9.17, 15) is 34.2 Å². The van der Waals surface area contributed by atoms with Crippen LogP contribution in [0.3, 0.4) is 0 Å². The molecule has 4 amide bonds. The lowest BCUT2D eigenvalue weighted by Crippen LogP contribution is -2.60. The summed E-state index contributed by atoms with van der Waals surface area (Å²) in [5, 5.41) is 20.7. The number of benzene rings is 2. The highest BCUT2D eigenvalue weighted by molar-refractivity contribution is 9.09. The number of phenols is 1. The second kappa shape index (κ2) is 9.82. The summed E-state index contributed by atoms with van der Waals surface area (Å²) in [5.74, 6) is -7.75. The van der Waals surface area contributed by atoms with Gasteiger partial charge in [-0.3, -0.25) is 29.0 Å². The minimum atomic E-state index is -2.07. The van der Waals surface area contributed by atoms with E-state index in [1.165, 1.54) is 37.4 Å². The van der Waals surface area contributed by atoms with E-state index in [1.807, 2.05) is 0 Å². The summed E-state index contributed by atoms with van der Waals surface area (Å²) in [5.41, 5.74) is 0.536. The van der Waals surface area contributed by atoms with Crippen molar-refractivity contribution in [1.29, 1.82) is 0 Å². The normalized spacial score (nSPS) is 32.0. The zero-order chi connectivity index (χ0) is 30.3. The number of imide groups is 2. The minimum absolute atomic E-state index is 0.0930. The number of ether oxygens (including phenoxy) is 1. The van der Waals surface area contributed by atoms with Gasteiger partial charge in [0, 0.05) is 11.5 Å². The third-order valence-corrected chi connectivity index (χ3v) is 10.8. The Balaban J connectivity index is 1.52. The second-order valence-electron chi connectivity index (χ2n) is 10.8. The lowest BCUT2D eigenvalue weighted by atomic mass is 9.56. The number of fused-ring (bicyclic) bond motifs is 4. The Morgan fingerprint density at radius 2 is 1.79 bits per heavy atom. The number of amides is 4. The molecule has 3 fully saturated rings. The number of anilines is 1. The van der Waals surface area contributed by atoms with E-state index in [-0.39, 0.29) is 46.6 Å². The number of carboxylic acids is 1. The molecule has 0 unspecified atom stereocenters. The van der Waals surface area contributed by atoms with Crippen LogP contribution < -0.4 is 9.64 Å². The van der Waals surface area contributed by atoms with E-state index in [0.29, 0.717) is 5.57 Å². The standard InChI is InChI=1S/C29H23BrCl2N2O8/c1-42-19-7-3-6-17(22(19)35)21-15-8-9-16-20(18(15)11-28(31)26(40)33(12-30)27(41)29(21,28)32)24(37)34(23(16)36)14-5-2-4-13(10-14)25(38)39/h2-8,10,16,18,20-21,35H,9,11-12H2,1H3,(H,38,39)/t16-,18+,20-,21+,28+,29-/m0/s1. The number of allylic oxidation sites excluding steroid dienone is 2. The van der Waals surface area contributed by atoms with Crippen molar-refractivity contribution >= 4 is 74.4 Å². The van der Waals surface area contributed by atoms with Gasteiger partial charge in [-0.25, -0.2) is 4.79 Å². The summed E-state index contributed by atoms with van der Waals surface area (Å²) in [6.45, 7) is 0. The first-order valence-corrected chi connectivity index (χ1v) is 14.9. The summed E-state index contributed by atoms with van der Waals surface area (Å²) in [4.78, 5) is 64.6. The van der Waals surface area contributed by atoms with Crippen molar-refractivity contribution in [3.8, 4) is 11.5 Å². The molecule has 1 saturated carbocycles. The van der Waals surface area contributed by atoms with Gasteiger partial charge in [-0.15, -0.1) is 23.2 Å². The van der Waals surface area contributed by atoms with Crippen LogP contribution in [0.1, 0.15) is 34.7 Å². The molecule has 2 aromatic rings. The molecule has 6 rings (SSSR count). The van der Waals surface area contributed by atoms with Crippen LogP contribution in [0.5, 0.6) is 11.5 Å². The molecule has 2 saturated heterocycles. The minimum Gasteiger partial charge on any atom is -0.504 e. The fourth-order valence-electron chi connectivity index (χ4n) is 7.07. The quantitative estimate of drug-likeness (QED) is 0.209. The summed E-state index contributed by atoms with van der Waals surface area (Å²) < 4.78 is 5.30. The molecule has 6 atom stereocenters. The maximum Gasteiger partial charge on any atom is 0.335 e. The third kappa shape index (κ3) is 3.59. The Morgan fingerprint density at radius 1 is 1.07 bits per heavy atom. The molecule has 0 bridgehead atoms. The number of alkyl halides is 3. The predicted molar refractivity (Wildman–Crippen MR) is 154 cm³/mol. The van der Waals surface area contributed by atoms with Crippen LogP contribution in [-0.2, 0) is 19.2 Å². The SMILES string of the molecule is COc1cccc([C@H]2C3=CC[C@@H]4C(=O)N(c5cccc(C(=O)O)c5)C(=O)[C@@H]4[C@@H]3C[C@@]3(Cl)C(=O)N(CBr)C(=O)[C@@]23Cl)c1O. The van der Waals surface area contributed by atoms with Gasteiger partial charge in [0.1, 0.15) is 0 Å². The Hall–Kier alpha value is -3.41. The lowest BCUT2D eigenvalue weighted by molar-refractivity contribution is -0.138. The van der Waals surface area contributed by atoms with Crippen molar-refractivity contribution in [3.05, 3.63) is 65.2 Å². The molecule has 0 aromatic heterocycles. The second-order valence-corrected chi connectivity index (χ2v) is 12.5. The zero-order valence-electron chi connectivity index (χ0n) is 21.9. The highest BCUT2D eigenvalue weighted by atomic mass is 79.9. The van der Waals surface area contributed by atoms with Crippen LogP contribution >= 0.6 is 39.1 Å². The molecule has 0 radical (unpaired) electrons. The fraction of sp³-hybridized carbons (Fsp3) is 0.345. The molecule has 218 valence electrons. The highest BCUT2D eigenvalue weighted by Crippen LogP contribution is 2.66. The molecule has 2 N–H and O–H groups in total. The van der Waals surface area contributed by atoms with Gasteiger partial charge >= 0.3 is 5.97 Å². The molecule has 13 heteroatoms. The van der Waals surface area contributed by atoms with Crippen LogP contribution in [0.15, 0.2) is 54.1 Å². The molecule has 2 heterocycles. The van der Waals surface area contributed by atoms with Gasteiger partial charge < -0.3 is 14.9 Å². The van der Waals surface area contributed by atoms with Crippen LogP contribution in [0.2, 0.25) is 0 Å². The molecule has 10 nitrogen and oxygen atoms in total. The Morgan fingerprint density at radius 3 is 2.45 bits per heavy atom. The molecule has 2 aliphatic carbocycles. The number of nitrogens with zero attached hydrogens (tertiary/aromatic N) is 2. The van der Waals surface area contributed by atoms with Gasteiger partial charge in [-0.05, 0) is 43.0 Å². The van der Waals surface area contributed by atoms with Gasteiger partial charge in [0.2, 0.25) is 11.8 Å². The number of carbonyl (C=O) groups is 5. The molecule has 42 heavy (non-hydrogen) atoms. The van der Waals surface area contributed by atoms with E-state index in [4.69, 9.17) is 27.9 Å². The Labute approximate surface area is 257 Å². The van der Waals surface area contributed by atoms with E-state index in [0.717, 1.165) is 9.80 Å². The number of aromatic hydroxyl groups is 1. The van der Waals surface area contributed by atoms with Crippen LogP contribution in [0.25, 0.3) is 0 Å². The van der Waals surface area contributed by atoms with Gasteiger partial charge in [0.25, 0.3) is 11.8 Å². The molecular formula is C29H23BrCl2N2O8. The maximum atomic E-state index is 14.1. The van der Waals surface area contributed by atoms with Crippen molar-refractivity contribution in [2.45, 2.75) is 28.5 Å².